The van der Waals surface area contributed by atoms with Crippen LogP contribution in [0.1, 0.15) is 31.2 Å². The van der Waals surface area contributed by atoms with E-state index in [2.05, 4.69) is 0 Å². The van der Waals surface area contributed by atoms with Crippen LogP contribution in [0.5, 0.6) is 5.75 Å². The summed E-state index contributed by atoms with van der Waals surface area (Å²) in [5.41, 5.74) is 3.07. The second-order valence-electron chi connectivity index (χ2n) is 5.44. The summed E-state index contributed by atoms with van der Waals surface area (Å²) in [5.74, 6) is 3.40. The van der Waals surface area contributed by atoms with Gasteiger partial charge in [0.15, 0.2) is 5.78 Å². The zero-order valence-electron chi connectivity index (χ0n) is 12.8. The number of hydrogen-bond acceptors (Lipinski definition) is 4. The molecular formula is C18H20O2S2. The first-order chi connectivity index (χ1) is 10.8. The maximum atomic E-state index is 12.8. The maximum Gasteiger partial charge on any atom is 0.186 e. The van der Waals surface area contributed by atoms with Crippen LogP contribution in [0, 0.1) is 0 Å². The fourth-order valence-electron chi connectivity index (χ4n) is 2.71. The molecule has 0 amide bonds. The van der Waals surface area contributed by atoms with Crippen LogP contribution in [0.15, 0.2) is 39.6 Å². The van der Waals surface area contributed by atoms with E-state index in [4.69, 9.17) is 4.74 Å². The third-order valence-corrected chi connectivity index (χ3v) is 6.61. The Labute approximate surface area is 140 Å². The Balaban J connectivity index is 1.83. The second-order valence-corrected chi connectivity index (χ2v) is 7.91. The van der Waals surface area contributed by atoms with Gasteiger partial charge < -0.3 is 4.74 Å². The van der Waals surface area contributed by atoms with Gasteiger partial charge in [-0.25, -0.2) is 0 Å². The first kappa shape index (κ1) is 15.8. The van der Waals surface area contributed by atoms with E-state index >= 15 is 0 Å². The van der Waals surface area contributed by atoms with E-state index < -0.39 is 0 Å². The molecule has 116 valence electrons. The highest BCUT2D eigenvalue weighted by molar-refractivity contribution is 8.22. The van der Waals surface area contributed by atoms with Gasteiger partial charge in [0.2, 0.25) is 0 Å². The van der Waals surface area contributed by atoms with Crippen LogP contribution in [0.2, 0.25) is 0 Å². The SMILES string of the molecule is COc1ccc(/C=C2/CCCC(=C3SCCCS3)C2=O)cc1. The summed E-state index contributed by atoms with van der Waals surface area (Å²) >= 11 is 3.73. The number of thioether (sulfide) groups is 2. The molecule has 3 rings (SSSR count). The molecule has 1 aromatic rings. The van der Waals surface area contributed by atoms with Crippen LogP contribution in [0.3, 0.4) is 0 Å². The van der Waals surface area contributed by atoms with Gasteiger partial charge in [0.25, 0.3) is 0 Å². The Hall–Kier alpha value is -1.13. The number of ketones is 1. The molecular weight excluding hydrogens is 312 g/mol. The summed E-state index contributed by atoms with van der Waals surface area (Å²) in [6.07, 6.45) is 6.19. The van der Waals surface area contributed by atoms with Crippen LogP contribution in [-0.4, -0.2) is 24.4 Å². The van der Waals surface area contributed by atoms with Gasteiger partial charge in [0, 0.05) is 15.4 Å². The molecule has 1 saturated carbocycles. The lowest BCUT2D eigenvalue weighted by molar-refractivity contribution is -0.112. The molecule has 0 unspecified atom stereocenters. The lowest BCUT2D eigenvalue weighted by Gasteiger charge is -2.22. The minimum atomic E-state index is 0.263. The van der Waals surface area contributed by atoms with Crippen molar-refractivity contribution >= 4 is 35.4 Å². The number of Topliss-reactive ketones (excluding diaryl/α,β-unsaturated/α-hetero) is 1. The molecule has 4 heteroatoms. The van der Waals surface area contributed by atoms with Crippen molar-refractivity contribution in [3.05, 3.63) is 45.2 Å². The van der Waals surface area contributed by atoms with Gasteiger partial charge in [-0.3, -0.25) is 4.79 Å². The zero-order valence-corrected chi connectivity index (χ0v) is 14.4. The number of hydrogen-bond donors (Lipinski definition) is 0. The highest BCUT2D eigenvalue weighted by Gasteiger charge is 2.25. The van der Waals surface area contributed by atoms with E-state index in [1.54, 1.807) is 7.11 Å². The Morgan fingerprint density at radius 2 is 1.77 bits per heavy atom. The number of rotatable bonds is 2. The lowest BCUT2D eigenvalue weighted by atomic mass is 9.88. The van der Waals surface area contributed by atoms with Gasteiger partial charge in [0.1, 0.15) is 5.75 Å². The Morgan fingerprint density at radius 3 is 2.45 bits per heavy atom. The highest BCUT2D eigenvalue weighted by atomic mass is 32.2. The van der Waals surface area contributed by atoms with Crippen LogP contribution in [-0.2, 0) is 4.79 Å². The number of methoxy groups -OCH3 is 1. The lowest BCUT2D eigenvalue weighted by Crippen LogP contribution is -2.14. The van der Waals surface area contributed by atoms with Crippen molar-refractivity contribution in [2.75, 3.05) is 18.6 Å². The van der Waals surface area contributed by atoms with Gasteiger partial charge in [0.05, 0.1) is 7.11 Å². The summed E-state index contributed by atoms with van der Waals surface area (Å²) in [5, 5.41) is 0. The molecule has 2 nitrogen and oxygen atoms in total. The predicted molar refractivity (Wildman–Crippen MR) is 96.4 cm³/mol. The van der Waals surface area contributed by atoms with E-state index in [1.165, 1.54) is 10.7 Å². The van der Waals surface area contributed by atoms with Gasteiger partial charge >= 0.3 is 0 Å². The molecule has 0 N–H and O–H groups in total. The molecule has 0 aromatic heterocycles. The number of ether oxygens (including phenoxy) is 1. The summed E-state index contributed by atoms with van der Waals surface area (Å²) < 4.78 is 6.45. The standard InChI is InChI=1S/C18H20O2S2/c1-20-15-8-6-13(7-9-15)12-14-4-2-5-16(17(14)19)18-21-10-3-11-22-18/h6-9,12H,2-5,10-11H2,1H3/b14-12-. The van der Waals surface area contributed by atoms with E-state index in [-0.39, 0.29) is 5.78 Å². The number of carbonyl (C=O) groups is 1. The normalized spacial score (nSPS) is 21.3. The van der Waals surface area contributed by atoms with Crippen molar-refractivity contribution in [3.63, 3.8) is 0 Å². The topological polar surface area (TPSA) is 26.3 Å². The minimum absolute atomic E-state index is 0.263. The summed E-state index contributed by atoms with van der Waals surface area (Å²) in [7, 11) is 1.66. The van der Waals surface area contributed by atoms with Crippen molar-refractivity contribution < 1.29 is 9.53 Å². The quantitative estimate of drug-likeness (QED) is 0.719. The van der Waals surface area contributed by atoms with Crippen molar-refractivity contribution in [1.29, 1.82) is 0 Å². The second kappa shape index (κ2) is 7.42. The van der Waals surface area contributed by atoms with Crippen molar-refractivity contribution in [3.8, 4) is 5.75 Å². The Kier molecular flexibility index (Phi) is 5.32. The molecule has 0 bridgehead atoms. The van der Waals surface area contributed by atoms with Crippen LogP contribution < -0.4 is 4.74 Å². The Bertz CT molecular complexity index is 606. The number of benzene rings is 1. The van der Waals surface area contributed by atoms with E-state index in [0.29, 0.717) is 0 Å². The van der Waals surface area contributed by atoms with Gasteiger partial charge in [-0.2, -0.15) is 0 Å². The van der Waals surface area contributed by atoms with Gasteiger partial charge in [-0.15, -0.1) is 23.5 Å². The summed E-state index contributed by atoms with van der Waals surface area (Å²) in [6.45, 7) is 0. The first-order valence-corrected chi connectivity index (χ1v) is 9.63. The van der Waals surface area contributed by atoms with Crippen LogP contribution in [0.4, 0.5) is 0 Å². The largest absolute Gasteiger partial charge is 0.497 e. The van der Waals surface area contributed by atoms with Crippen molar-refractivity contribution in [2.45, 2.75) is 25.7 Å². The van der Waals surface area contributed by atoms with Gasteiger partial charge in [-0.05, 0) is 61.0 Å². The van der Waals surface area contributed by atoms with Crippen molar-refractivity contribution in [1.82, 2.24) is 0 Å². The number of carbonyl (C=O) groups excluding carboxylic acids is 1. The zero-order chi connectivity index (χ0) is 15.4. The third-order valence-electron chi connectivity index (χ3n) is 3.90. The predicted octanol–water partition coefficient (Wildman–Crippen LogP) is 4.91. The van der Waals surface area contributed by atoms with Crippen LogP contribution in [0.25, 0.3) is 6.08 Å². The summed E-state index contributed by atoms with van der Waals surface area (Å²) in [4.78, 5) is 12.8. The third kappa shape index (κ3) is 3.61. The molecule has 1 aliphatic heterocycles. The molecule has 22 heavy (non-hydrogen) atoms. The van der Waals surface area contributed by atoms with Crippen LogP contribution >= 0.6 is 23.5 Å². The smallest absolute Gasteiger partial charge is 0.186 e. The van der Waals surface area contributed by atoms with Gasteiger partial charge in [-0.1, -0.05) is 12.1 Å². The molecule has 0 atom stereocenters. The molecule has 1 heterocycles. The van der Waals surface area contributed by atoms with E-state index in [9.17, 15) is 4.79 Å². The maximum absolute atomic E-state index is 12.8. The average molecular weight is 332 g/mol. The fourth-order valence-corrected chi connectivity index (χ4v) is 5.42. The monoisotopic (exact) mass is 332 g/mol. The molecule has 0 radical (unpaired) electrons. The van der Waals surface area contributed by atoms with E-state index in [1.807, 2.05) is 53.9 Å². The minimum Gasteiger partial charge on any atom is -0.497 e. The average Bonchev–Trinajstić information content (AvgIpc) is 2.58. The van der Waals surface area contributed by atoms with Crippen molar-refractivity contribution in [2.24, 2.45) is 0 Å². The molecule has 0 spiro atoms. The molecule has 1 aromatic carbocycles. The Morgan fingerprint density at radius 1 is 1.05 bits per heavy atom. The van der Waals surface area contributed by atoms with E-state index in [0.717, 1.165) is 53.2 Å². The highest BCUT2D eigenvalue weighted by Crippen LogP contribution is 2.41. The molecule has 2 aliphatic rings. The first-order valence-electron chi connectivity index (χ1n) is 7.66. The number of allylic oxidation sites excluding steroid dienone is 2. The summed E-state index contributed by atoms with van der Waals surface area (Å²) in [6, 6.07) is 7.88. The molecule has 1 saturated heterocycles. The fraction of sp³-hybridized carbons (Fsp3) is 0.389. The molecule has 2 fully saturated rings. The molecule has 1 aliphatic carbocycles.